The zero-order chi connectivity index (χ0) is 33.0. The monoisotopic (exact) mass is 652 g/mol. The summed E-state index contributed by atoms with van der Waals surface area (Å²) >= 11 is 1.35. The number of benzene rings is 3. The zero-order valence-electron chi connectivity index (χ0n) is 25.8. The number of nitrogens with zero attached hydrogens (tertiary/aromatic N) is 5. The number of carbonyl (C=O) groups excluding carboxylic acids is 1. The van der Waals surface area contributed by atoms with E-state index in [9.17, 15) is 23.1 Å². The summed E-state index contributed by atoms with van der Waals surface area (Å²) in [5, 5.41) is 18.6. The lowest BCUT2D eigenvalue weighted by molar-refractivity contribution is -0.274. The fraction of sp³-hybridized carbons (Fsp3) is 0.333. The second-order valence-corrected chi connectivity index (χ2v) is 12.2. The van der Waals surface area contributed by atoms with Crippen LogP contribution in [0.15, 0.2) is 78.0 Å². The number of ether oxygens (including phenoxy) is 1. The maximum absolute atomic E-state index is 13.0. The fourth-order valence-electron chi connectivity index (χ4n) is 5.18. The minimum Gasteiger partial charge on any atom is -0.406 e. The van der Waals surface area contributed by atoms with Crippen LogP contribution in [0, 0.1) is 6.92 Å². The van der Waals surface area contributed by atoms with Gasteiger partial charge in [-0.2, -0.15) is 4.99 Å². The molecule has 0 spiro atoms. The van der Waals surface area contributed by atoms with Crippen molar-refractivity contribution in [3.63, 3.8) is 0 Å². The van der Waals surface area contributed by atoms with Gasteiger partial charge in [0.2, 0.25) is 0 Å². The van der Waals surface area contributed by atoms with Crippen molar-refractivity contribution in [3.05, 3.63) is 89.7 Å². The van der Waals surface area contributed by atoms with Crippen molar-refractivity contribution in [2.24, 2.45) is 4.99 Å². The van der Waals surface area contributed by atoms with Crippen molar-refractivity contribution in [2.75, 3.05) is 17.2 Å². The first-order valence-electron chi connectivity index (χ1n) is 14.9. The number of aliphatic hydroxyl groups excluding tert-OH is 1. The highest BCUT2D eigenvalue weighted by molar-refractivity contribution is 8.14. The molecule has 2 amide bonds. The van der Waals surface area contributed by atoms with Gasteiger partial charge in [-0.15, -0.1) is 18.3 Å². The number of hydrogen-bond donors (Lipinski definition) is 2. The summed E-state index contributed by atoms with van der Waals surface area (Å²) in [5.41, 5.74) is 5.30. The molecule has 3 aromatic carbocycles. The highest BCUT2D eigenvalue weighted by atomic mass is 32.2. The quantitative estimate of drug-likeness (QED) is 0.194. The lowest BCUT2D eigenvalue weighted by atomic mass is 9.95. The summed E-state index contributed by atoms with van der Waals surface area (Å²) in [7, 11) is 0. The lowest BCUT2D eigenvalue weighted by Gasteiger charge is -2.26. The molecule has 0 aliphatic carbocycles. The molecule has 1 saturated heterocycles. The molecule has 4 aromatic rings. The van der Waals surface area contributed by atoms with Crippen molar-refractivity contribution in [1.29, 1.82) is 0 Å². The molecule has 5 rings (SSSR count). The van der Waals surface area contributed by atoms with E-state index in [0.717, 1.165) is 34.4 Å². The number of halogens is 3. The Labute approximate surface area is 269 Å². The molecule has 242 valence electrons. The SMILES string of the molecule is CCC(CNC(=O)/N=C1\SCC(O)N1c1cc(C)ccc1C(C)C)c1ccc(-c2ncn(-c3ccc(OC(F)(F)F)cc3)n2)cc1. The van der Waals surface area contributed by atoms with Gasteiger partial charge in [0, 0.05) is 29.5 Å². The van der Waals surface area contributed by atoms with E-state index in [0.29, 0.717) is 29.0 Å². The Kier molecular flexibility index (Phi) is 10.0. The van der Waals surface area contributed by atoms with Gasteiger partial charge in [0.05, 0.1) is 5.69 Å². The average molecular weight is 653 g/mol. The lowest BCUT2D eigenvalue weighted by Crippen LogP contribution is -2.36. The van der Waals surface area contributed by atoms with Crippen LogP contribution in [-0.4, -0.2) is 56.0 Å². The predicted octanol–water partition coefficient (Wildman–Crippen LogP) is 7.40. The number of aliphatic hydroxyl groups is 1. The van der Waals surface area contributed by atoms with Gasteiger partial charge in [-0.1, -0.05) is 68.9 Å². The van der Waals surface area contributed by atoms with Crippen LogP contribution >= 0.6 is 11.8 Å². The van der Waals surface area contributed by atoms with Crippen molar-refractivity contribution in [2.45, 2.75) is 58.5 Å². The molecular formula is C33H35F3N6O3S. The number of urea groups is 1. The summed E-state index contributed by atoms with van der Waals surface area (Å²) in [5.74, 6) is 0.812. The number of rotatable bonds is 9. The minimum absolute atomic E-state index is 0.0309. The summed E-state index contributed by atoms with van der Waals surface area (Å²) in [4.78, 5) is 23.4. The van der Waals surface area contributed by atoms with Gasteiger partial charge in [-0.3, -0.25) is 4.90 Å². The van der Waals surface area contributed by atoms with Crippen LogP contribution in [0.25, 0.3) is 17.1 Å². The number of amides is 2. The molecule has 2 N–H and O–H groups in total. The molecule has 2 atom stereocenters. The molecule has 1 fully saturated rings. The Morgan fingerprint density at radius 1 is 1.13 bits per heavy atom. The molecule has 0 radical (unpaired) electrons. The first kappa shape index (κ1) is 33.0. The maximum Gasteiger partial charge on any atom is 0.573 e. The summed E-state index contributed by atoms with van der Waals surface area (Å²) in [6, 6.07) is 18.7. The number of thioether (sulfide) groups is 1. The Morgan fingerprint density at radius 2 is 1.85 bits per heavy atom. The van der Waals surface area contributed by atoms with Crippen molar-refractivity contribution < 1.29 is 27.8 Å². The number of aromatic nitrogens is 3. The molecule has 1 aromatic heterocycles. The van der Waals surface area contributed by atoms with E-state index in [1.54, 1.807) is 4.90 Å². The van der Waals surface area contributed by atoms with E-state index in [1.807, 2.05) is 50.2 Å². The first-order chi connectivity index (χ1) is 21.9. The number of hydrogen-bond acceptors (Lipinski definition) is 6. The van der Waals surface area contributed by atoms with Crippen LogP contribution in [-0.2, 0) is 0 Å². The Balaban J connectivity index is 1.23. The van der Waals surface area contributed by atoms with Crippen LogP contribution in [0.3, 0.4) is 0 Å². The van der Waals surface area contributed by atoms with E-state index in [2.05, 4.69) is 45.0 Å². The number of nitrogens with one attached hydrogen (secondary N) is 1. The van der Waals surface area contributed by atoms with E-state index in [4.69, 9.17) is 0 Å². The predicted molar refractivity (Wildman–Crippen MR) is 174 cm³/mol. The summed E-state index contributed by atoms with van der Waals surface area (Å²) in [6.07, 6.45) is -3.28. The van der Waals surface area contributed by atoms with E-state index >= 15 is 0 Å². The largest absolute Gasteiger partial charge is 0.573 e. The second-order valence-electron chi connectivity index (χ2n) is 11.2. The molecular weight excluding hydrogens is 617 g/mol. The van der Waals surface area contributed by atoms with Gasteiger partial charge < -0.3 is 15.2 Å². The zero-order valence-corrected chi connectivity index (χ0v) is 26.6. The van der Waals surface area contributed by atoms with Gasteiger partial charge in [0.25, 0.3) is 0 Å². The standard InChI is InChI=1S/C33H35F3N6O3S/c1-5-22(17-37-31(44)39-32-42(29(43)18-46-32)28-16-21(4)6-15-27(28)20(2)3)23-7-9-24(10-8-23)30-38-19-41(40-30)25-11-13-26(14-12-25)45-33(34,35)36/h6-16,19-20,22,29,43H,5,17-18H2,1-4H3,(H,37,44)/b39-32-. The van der Waals surface area contributed by atoms with Gasteiger partial charge >= 0.3 is 12.4 Å². The van der Waals surface area contributed by atoms with Crippen molar-refractivity contribution >= 4 is 28.6 Å². The second kappa shape index (κ2) is 14.0. The molecule has 9 nitrogen and oxygen atoms in total. The molecule has 0 saturated carbocycles. The normalized spacial score (nSPS) is 16.7. The van der Waals surface area contributed by atoms with Crippen LogP contribution < -0.4 is 15.0 Å². The van der Waals surface area contributed by atoms with Crippen LogP contribution in [0.4, 0.5) is 23.7 Å². The number of anilines is 1. The molecule has 1 aliphatic heterocycles. The Hall–Kier alpha value is -4.36. The van der Waals surface area contributed by atoms with Gasteiger partial charge in [-0.05, 0) is 66.3 Å². The average Bonchev–Trinajstić information content (AvgIpc) is 3.64. The summed E-state index contributed by atoms with van der Waals surface area (Å²) < 4.78 is 42.7. The van der Waals surface area contributed by atoms with Gasteiger partial charge in [0.15, 0.2) is 11.0 Å². The molecule has 46 heavy (non-hydrogen) atoms. The first-order valence-corrected chi connectivity index (χ1v) is 15.9. The van der Waals surface area contributed by atoms with Gasteiger partial charge in [-0.25, -0.2) is 14.5 Å². The van der Waals surface area contributed by atoms with E-state index in [-0.39, 0.29) is 17.6 Å². The fourth-order valence-corrected chi connectivity index (χ4v) is 6.13. The number of amidine groups is 1. The third-order valence-corrected chi connectivity index (χ3v) is 8.60. The molecule has 13 heteroatoms. The minimum atomic E-state index is -4.76. The van der Waals surface area contributed by atoms with E-state index < -0.39 is 18.6 Å². The molecule has 2 unspecified atom stereocenters. The number of aryl methyl sites for hydroxylation is 1. The van der Waals surface area contributed by atoms with Crippen molar-refractivity contribution in [3.8, 4) is 22.8 Å². The molecule has 0 bridgehead atoms. The highest BCUT2D eigenvalue weighted by Gasteiger charge is 2.33. The van der Waals surface area contributed by atoms with Crippen LogP contribution in [0.2, 0.25) is 0 Å². The maximum atomic E-state index is 13.0. The third-order valence-electron chi connectivity index (χ3n) is 7.59. The van der Waals surface area contributed by atoms with Crippen molar-refractivity contribution in [1.82, 2.24) is 20.1 Å². The Morgan fingerprint density at radius 3 is 2.50 bits per heavy atom. The highest BCUT2D eigenvalue weighted by Crippen LogP contribution is 2.36. The van der Waals surface area contributed by atoms with Crippen LogP contribution in [0.5, 0.6) is 5.75 Å². The van der Waals surface area contributed by atoms with E-state index in [1.165, 1.54) is 47.0 Å². The smallest absolute Gasteiger partial charge is 0.406 e. The van der Waals surface area contributed by atoms with Crippen LogP contribution in [0.1, 0.15) is 55.7 Å². The molecule has 2 heterocycles. The number of carbonyl (C=O) groups is 1. The Bertz CT molecular complexity index is 1690. The van der Waals surface area contributed by atoms with Gasteiger partial charge in [0.1, 0.15) is 18.3 Å². The number of alkyl halides is 3. The number of aliphatic imine (C=N–C) groups is 1. The third kappa shape index (κ3) is 7.88. The summed E-state index contributed by atoms with van der Waals surface area (Å²) in [6.45, 7) is 8.60. The molecule has 1 aliphatic rings. The topological polar surface area (TPSA) is 105 Å².